The van der Waals surface area contributed by atoms with Crippen LogP contribution in [0, 0.1) is 18.7 Å². The van der Waals surface area contributed by atoms with Gasteiger partial charge in [0.25, 0.3) is 10.0 Å². The molecular formula is C17H19FN2O3S2. The van der Waals surface area contributed by atoms with E-state index in [0.29, 0.717) is 23.6 Å². The summed E-state index contributed by atoms with van der Waals surface area (Å²) in [6.45, 7) is 2.35. The van der Waals surface area contributed by atoms with Crippen molar-refractivity contribution in [1.29, 1.82) is 0 Å². The standard InChI is InChI=1S/C17H19FN2O3S2/c1-12-8-9-16(24-12)25(22,23)20-10-4-5-13(11-20)17(21)19-15-7-3-2-6-14(15)18/h2-3,6-9,13H,4-5,10-11H2,1H3,(H,19,21)/t13-/m0/s1. The number of piperidine rings is 1. The molecule has 25 heavy (non-hydrogen) atoms. The van der Waals surface area contributed by atoms with Crippen LogP contribution in [0.15, 0.2) is 40.6 Å². The second kappa shape index (κ2) is 7.23. The number of rotatable bonds is 4. The van der Waals surface area contributed by atoms with E-state index in [-0.39, 0.29) is 18.1 Å². The highest BCUT2D eigenvalue weighted by Gasteiger charge is 2.34. The molecule has 1 aliphatic heterocycles. The van der Waals surface area contributed by atoms with Crippen molar-refractivity contribution in [2.45, 2.75) is 24.0 Å². The molecule has 1 aromatic carbocycles. The van der Waals surface area contributed by atoms with Gasteiger partial charge in [-0.1, -0.05) is 12.1 Å². The van der Waals surface area contributed by atoms with Gasteiger partial charge >= 0.3 is 0 Å². The Morgan fingerprint density at radius 3 is 2.72 bits per heavy atom. The molecule has 5 nitrogen and oxygen atoms in total. The molecule has 1 amide bonds. The van der Waals surface area contributed by atoms with Crippen molar-refractivity contribution in [2.24, 2.45) is 5.92 Å². The molecule has 0 spiro atoms. The zero-order valence-corrected chi connectivity index (χ0v) is 15.4. The van der Waals surface area contributed by atoms with Crippen molar-refractivity contribution >= 4 is 33.0 Å². The first-order valence-corrected chi connectivity index (χ1v) is 10.3. The van der Waals surface area contributed by atoms with Crippen molar-refractivity contribution in [2.75, 3.05) is 18.4 Å². The summed E-state index contributed by atoms with van der Waals surface area (Å²) in [6, 6.07) is 9.30. The highest BCUT2D eigenvalue weighted by atomic mass is 32.2. The maximum atomic E-state index is 13.7. The Morgan fingerprint density at radius 1 is 1.28 bits per heavy atom. The zero-order chi connectivity index (χ0) is 18.0. The highest BCUT2D eigenvalue weighted by Crippen LogP contribution is 2.28. The fraction of sp³-hybridized carbons (Fsp3) is 0.353. The first-order valence-electron chi connectivity index (χ1n) is 8.00. The largest absolute Gasteiger partial charge is 0.323 e. The number of carbonyl (C=O) groups is 1. The number of hydrogen-bond acceptors (Lipinski definition) is 4. The van der Waals surface area contributed by atoms with Crippen LogP contribution in [-0.4, -0.2) is 31.7 Å². The van der Waals surface area contributed by atoms with E-state index in [9.17, 15) is 17.6 Å². The van der Waals surface area contributed by atoms with Gasteiger partial charge in [0.1, 0.15) is 10.0 Å². The third-order valence-electron chi connectivity index (χ3n) is 4.20. The molecule has 134 valence electrons. The Bertz CT molecular complexity index is 880. The van der Waals surface area contributed by atoms with E-state index < -0.39 is 21.8 Å². The van der Waals surface area contributed by atoms with Gasteiger partial charge in [-0.15, -0.1) is 11.3 Å². The van der Waals surface area contributed by atoms with E-state index in [4.69, 9.17) is 0 Å². The second-order valence-corrected chi connectivity index (χ2v) is 9.49. The molecule has 2 heterocycles. The van der Waals surface area contributed by atoms with Gasteiger partial charge < -0.3 is 5.32 Å². The third kappa shape index (κ3) is 3.91. The number of thiophene rings is 1. The number of amides is 1. The Labute approximate surface area is 150 Å². The normalized spacial score (nSPS) is 18.9. The Kier molecular flexibility index (Phi) is 5.21. The maximum absolute atomic E-state index is 13.7. The minimum absolute atomic E-state index is 0.111. The van der Waals surface area contributed by atoms with Crippen LogP contribution in [0.25, 0.3) is 0 Å². The van der Waals surface area contributed by atoms with Crippen molar-refractivity contribution in [3.05, 3.63) is 47.1 Å². The number of hydrogen-bond donors (Lipinski definition) is 1. The summed E-state index contributed by atoms with van der Waals surface area (Å²) in [7, 11) is -3.59. The SMILES string of the molecule is Cc1ccc(S(=O)(=O)N2CCC[C@H](C(=O)Nc3ccccc3F)C2)s1. The smallest absolute Gasteiger partial charge is 0.252 e. The molecule has 1 N–H and O–H groups in total. The highest BCUT2D eigenvalue weighted by molar-refractivity contribution is 7.91. The predicted octanol–water partition coefficient (Wildman–Crippen LogP) is 3.24. The van der Waals surface area contributed by atoms with Crippen molar-refractivity contribution in [3.8, 4) is 0 Å². The molecule has 0 unspecified atom stereocenters. The second-order valence-electron chi connectivity index (χ2n) is 6.04. The lowest BCUT2D eigenvalue weighted by Crippen LogP contribution is -2.43. The molecule has 0 radical (unpaired) electrons. The van der Waals surface area contributed by atoms with E-state index in [1.165, 1.54) is 27.8 Å². The number of nitrogens with one attached hydrogen (secondary N) is 1. The molecule has 1 atom stereocenters. The van der Waals surface area contributed by atoms with Gasteiger partial charge in [0.15, 0.2) is 0 Å². The van der Waals surface area contributed by atoms with E-state index in [1.54, 1.807) is 24.3 Å². The van der Waals surface area contributed by atoms with Gasteiger partial charge in [-0.25, -0.2) is 12.8 Å². The number of para-hydroxylation sites is 1. The van der Waals surface area contributed by atoms with Gasteiger partial charge in [0.05, 0.1) is 11.6 Å². The van der Waals surface area contributed by atoms with Gasteiger partial charge in [-0.3, -0.25) is 4.79 Å². The lowest BCUT2D eigenvalue weighted by molar-refractivity contribution is -0.120. The number of halogens is 1. The number of nitrogens with zero attached hydrogens (tertiary/aromatic N) is 1. The number of aryl methyl sites for hydroxylation is 1. The number of sulfonamides is 1. The fourth-order valence-electron chi connectivity index (χ4n) is 2.85. The van der Waals surface area contributed by atoms with E-state index in [2.05, 4.69) is 5.32 Å². The predicted molar refractivity (Wildman–Crippen MR) is 95.6 cm³/mol. The van der Waals surface area contributed by atoms with Crippen LogP contribution in [0.5, 0.6) is 0 Å². The van der Waals surface area contributed by atoms with Crippen molar-refractivity contribution in [3.63, 3.8) is 0 Å². The van der Waals surface area contributed by atoms with Crippen LogP contribution in [0.1, 0.15) is 17.7 Å². The first-order chi connectivity index (χ1) is 11.9. The van der Waals surface area contributed by atoms with Gasteiger partial charge in [-0.05, 0) is 44.0 Å². The minimum atomic E-state index is -3.59. The minimum Gasteiger partial charge on any atom is -0.323 e. The van der Waals surface area contributed by atoms with Crippen LogP contribution in [0.4, 0.5) is 10.1 Å². The number of benzene rings is 1. The van der Waals surface area contributed by atoms with Crippen molar-refractivity contribution < 1.29 is 17.6 Å². The fourth-order valence-corrected chi connectivity index (χ4v) is 5.81. The Hall–Kier alpha value is -1.77. The summed E-state index contributed by atoms with van der Waals surface area (Å²) in [4.78, 5) is 13.4. The van der Waals surface area contributed by atoms with Crippen LogP contribution in [-0.2, 0) is 14.8 Å². The van der Waals surface area contributed by atoms with Crippen LogP contribution in [0.3, 0.4) is 0 Å². The van der Waals surface area contributed by atoms with Crippen molar-refractivity contribution in [1.82, 2.24) is 4.31 Å². The number of anilines is 1. The summed E-state index contributed by atoms with van der Waals surface area (Å²) >= 11 is 1.22. The van der Waals surface area contributed by atoms with E-state index in [1.807, 2.05) is 6.92 Å². The lowest BCUT2D eigenvalue weighted by atomic mass is 9.98. The summed E-state index contributed by atoms with van der Waals surface area (Å²) in [5.74, 6) is -1.36. The average Bonchev–Trinajstić information content (AvgIpc) is 3.04. The molecule has 8 heteroatoms. The third-order valence-corrected chi connectivity index (χ3v) is 7.53. The molecule has 3 rings (SSSR count). The molecular weight excluding hydrogens is 363 g/mol. The summed E-state index contributed by atoms with van der Waals surface area (Å²) < 4.78 is 40.8. The molecule has 0 bridgehead atoms. The van der Waals surface area contributed by atoms with Crippen LogP contribution in [0.2, 0.25) is 0 Å². The van der Waals surface area contributed by atoms with Gasteiger partial charge in [-0.2, -0.15) is 4.31 Å². The molecule has 1 aliphatic rings. The molecule has 2 aromatic rings. The first kappa shape index (κ1) is 18.0. The molecule has 1 fully saturated rings. The maximum Gasteiger partial charge on any atom is 0.252 e. The summed E-state index contributed by atoms with van der Waals surface area (Å²) in [5.41, 5.74) is 0.112. The molecule has 0 aliphatic carbocycles. The Morgan fingerprint density at radius 2 is 2.04 bits per heavy atom. The Balaban J connectivity index is 1.73. The monoisotopic (exact) mass is 382 g/mol. The topological polar surface area (TPSA) is 66.5 Å². The number of carbonyl (C=O) groups excluding carboxylic acids is 1. The van der Waals surface area contributed by atoms with E-state index in [0.717, 1.165) is 4.88 Å². The van der Waals surface area contributed by atoms with Gasteiger partial charge in [0.2, 0.25) is 5.91 Å². The lowest BCUT2D eigenvalue weighted by Gasteiger charge is -2.30. The summed E-state index contributed by atoms with van der Waals surface area (Å²) in [5, 5.41) is 2.56. The van der Waals surface area contributed by atoms with Crippen LogP contribution < -0.4 is 5.32 Å². The molecule has 1 saturated heterocycles. The molecule has 0 saturated carbocycles. The average molecular weight is 382 g/mol. The summed E-state index contributed by atoms with van der Waals surface area (Å²) in [6.07, 6.45) is 1.18. The quantitative estimate of drug-likeness (QED) is 0.883. The van der Waals surface area contributed by atoms with Crippen LogP contribution >= 0.6 is 11.3 Å². The zero-order valence-electron chi connectivity index (χ0n) is 13.7. The van der Waals surface area contributed by atoms with E-state index >= 15 is 0 Å². The molecule has 1 aromatic heterocycles. The van der Waals surface area contributed by atoms with Gasteiger partial charge in [0, 0.05) is 18.0 Å².